The summed E-state index contributed by atoms with van der Waals surface area (Å²) < 4.78 is 8.18. The van der Waals surface area contributed by atoms with Gasteiger partial charge < -0.3 is 4.42 Å². The summed E-state index contributed by atoms with van der Waals surface area (Å²) in [5.74, 6) is 0.916. The lowest BCUT2D eigenvalue weighted by Gasteiger charge is -1.99. The first-order valence-corrected chi connectivity index (χ1v) is 7.51. The first kappa shape index (κ1) is 13.6. The van der Waals surface area contributed by atoms with Crippen LogP contribution in [-0.2, 0) is 6.54 Å². The molecule has 2 nitrogen and oxygen atoms in total. The molecule has 0 aliphatic heterocycles. The topological polar surface area (TPSA) is 17.0 Å². The van der Waals surface area contributed by atoms with Gasteiger partial charge in [-0.15, -0.1) is 0 Å². The highest BCUT2D eigenvalue weighted by Crippen LogP contribution is 2.24. The van der Waals surface area contributed by atoms with Crippen molar-refractivity contribution < 1.29 is 8.98 Å². The van der Waals surface area contributed by atoms with Gasteiger partial charge in [-0.2, -0.15) is 4.57 Å². The van der Waals surface area contributed by atoms with Gasteiger partial charge in [-0.3, -0.25) is 0 Å². The Balaban J connectivity index is 2.14. The summed E-state index contributed by atoms with van der Waals surface area (Å²) in [6.07, 6.45) is 5.20. The van der Waals surface area contributed by atoms with E-state index in [-0.39, 0.29) is 0 Å². The van der Waals surface area contributed by atoms with Crippen LogP contribution in [0.2, 0.25) is 0 Å². The summed E-state index contributed by atoms with van der Waals surface area (Å²) in [4.78, 5) is 0. The first-order chi connectivity index (χ1) is 10.3. The third-order valence-corrected chi connectivity index (χ3v) is 3.65. The molecule has 0 radical (unpaired) electrons. The van der Waals surface area contributed by atoms with E-state index >= 15 is 0 Å². The highest BCUT2D eigenvalue weighted by Gasteiger charge is 2.19. The summed E-state index contributed by atoms with van der Waals surface area (Å²) in [7, 11) is 0. The Hall–Kier alpha value is -2.35. The molecule has 0 atom stereocenters. The molecule has 0 aliphatic carbocycles. The summed E-state index contributed by atoms with van der Waals surface area (Å²) in [6, 6.07) is 16.8. The Labute approximate surface area is 125 Å². The molecule has 0 saturated heterocycles. The largest absolute Gasteiger partial charge is 0.398 e. The third kappa shape index (κ3) is 2.62. The molecular formula is C19H20NO+. The van der Waals surface area contributed by atoms with E-state index in [1.807, 2.05) is 6.07 Å². The standard InChI is InChI=1S/C19H20NO/c1-3-5-11-19-20(4-2)17-14-16(12-13-18(17)21-19)15-9-7-6-8-10-15/h5-14H,3-4H2,1-2H3/q+1/b11-5-. The number of nitrogens with zero attached hydrogens (tertiary/aromatic N) is 1. The van der Waals surface area contributed by atoms with E-state index in [1.54, 1.807) is 0 Å². The van der Waals surface area contributed by atoms with Crippen molar-refractivity contribution in [1.29, 1.82) is 0 Å². The van der Waals surface area contributed by atoms with Crippen LogP contribution in [0.1, 0.15) is 26.2 Å². The molecule has 0 amide bonds. The fraction of sp³-hybridized carbons (Fsp3) is 0.211. The average Bonchev–Trinajstić information content (AvgIpc) is 2.90. The zero-order valence-corrected chi connectivity index (χ0v) is 12.5. The molecule has 3 rings (SSSR count). The zero-order chi connectivity index (χ0) is 14.7. The summed E-state index contributed by atoms with van der Waals surface area (Å²) >= 11 is 0. The van der Waals surface area contributed by atoms with E-state index < -0.39 is 0 Å². The van der Waals surface area contributed by atoms with Crippen LogP contribution in [-0.4, -0.2) is 0 Å². The molecule has 0 aliphatic rings. The van der Waals surface area contributed by atoms with Gasteiger partial charge in [-0.05, 0) is 30.5 Å². The van der Waals surface area contributed by atoms with E-state index in [9.17, 15) is 0 Å². The quantitative estimate of drug-likeness (QED) is 0.625. The van der Waals surface area contributed by atoms with E-state index in [4.69, 9.17) is 4.42 Å². The fourth-order valence-corrected chi connectivity index (χ4v) is 2.58. The van der Waals surface area contributed by atoms with Crippen molar-refractivity contribution >= 4 is 17.2 Å². The van der Waals surface area contributed by atoms with Crippen molar-refractivity contribution in [1.82, 2.24) is 0 Å². The van der Waals surface area contributed by atoms with Crippen LogP contribution in [0.25, 0.3) is 28.3 Å². The van der Waals surface area contributed by atoms with Crippen LogP contribution in [0.4, 0.5) is 0 Å². The van der Waals surface area contributed by atoms with Crippen molar-refractivity contribution in [3.63, 3.8) is 0 Å². The van der Waals surface area contributed by atoms with E-state index in [2.05, 4.69) is 73.0 Å². The summed E-state index contributed by atoms with van der Waals surface area (Å²) in [5, 5.41) is 0. The van der Waals surface area contributed by atoms with E-state index in [0.717, 1.165) is 30.0 Å². The van der Waals surface area contributed by atoms with Crippen molar-refractivity contribution in [3.8, 4) is 11.1 Å². The molecule has 1 aromatic heterocycles. The molecule has 2 aromatic carbocycles. The number of aryl methyl sites for hydroxylation is 1. The van der Waals surface area contributed by atoms with Crippen LogP contribution >= 0.6 is 0 Å². The normalized spacial score (nSPS) is 11.5. The van der Waals surface area contributed by atoms with Gasteiger partial charge in [0.15, 0.2) is 0 Å². The second-order valence-electron chi connectivity index (χ2n) is 5.04. The number of fused-ring (bicyclic) bond motifs is 1. The average molecular weight is 278 g/mol. The van der Waals surface area contributed by atoms with Gasteiger partial charge in [0.2, 0.25) is 5.58 Å². The molecule has 106 valence electrons. The molecule has 0 saturated carbocycles. The Morgan fingerprint density at radius 1 is 1.00 bits per heavy atom. The Kier molecular flexibility index (Phi) is 3.87. The fourth-order valence-electron chi connectivity index (χ4n) is 2.58. The van der Waals surface area contributed by atoms with Gasteiger partial charge >= 0.3 is 5.89 Å². The minimum Gasteiger partial charge on any atom is -0.398 e. The number of rotatable bonds is 4. The maximum Gasteiger partial charge on any atom is 0.373 e. The van der Waals surface area contributed by atoms with Gasteiger partial charge in [0.1, 0.15) is 6.54 Å². The minimum atomic E-state index is 0.897. The Morgan fingerprint density at radius 2 is 1.81 bits per heavy atom. The molecule has 1 heterocycles. The monoisotopic (exact) mass is 278 g/mol. The van der Waals surface area contributed by atoms with Crippen LogP contribution < -0.4 is 4.57 Å². The number of oxazole rings is 1. The van der Waals surface area contributed by atoms with Crippen LogP contribution in [0.3, 0.4) is 0 Å². The van der Waals surface area contributed by atoms with Crippen molar-refractivity contribution in [2.24, 2.45) is 0 Å². The van der Waals surface area contributed by atoms with Crippen molar-refractivity contribution in [2.45, 2.75) is 26.8 Å². The molecule has 2 heteroatoms. The molecule has 0 N–H and O–H groups in total. The predicted octanol–water partition coefficient (Wildman–Crippen LogP) is 4.83. The van der Waals surface area contributed by atoms with Crippen molar-refractivity contribution in [3.05, 3.63) is 60.5 Å². The first-order valence-electron chi connectivity index (χ1n) is 7.51. The van der Waals surface area contributed by atoms with E-state index in [0.29, 0.717) is 0 Å². The lowest BCUT2D eigenvalue weighted by molar-refractivity contribution is -0.674. The van der Waals surface area contributed by atoms with Crippen LogP contribution in [0, 0.1) is 0 Å². The minimum absolute atomic E-state index is 0.897. The van der Waals surface area contributed by atoms with Gasteiger partial charge in [-0.25, -0.2) is 0 Å². The lowest BCUT2D eigenvalue weighted by Crippen LogP contribution is -2.33. The molecule has 3 aromatic rings. The molecule has 0 bridgehead atoms. The zero-order valence-electron chi connectivity index (χ0n) is 12.5. The maximum absolute atomic E-state index is 5.96. The Bertz CT molecular complexity index is 769. The third-order valence-electron chi connectivity index (χ3n) is 3.65. The molecule has 21 heavy (non-hydrogen) atoms. The SMILES string of the molecule is CC/C=C\c1oc2ccc(-c3ccccc3)cc2[n+]1CC. The van der Waals surface area contributed by atoms with Gasteiger partial charge in [0, 0.05) is 12.1 Å². The maximum atomic E-state index is 5.96. The highest BCUT2D eigenvalue weighted by molar-refractivity contribution is 5.78. The number of hydrogen-bond acceptors (Lipinski definition) is 1. The van der Waals surface area contributed by atoms with Gasteiger partial charge in [0.05, 0.1) is 0 Å². The van der Waals surface area contributed by atoms with Gasteiger partial charge in [0.25, 0.3) is 5.52 Å². The molecule has 0 spiro atoms. The van der Waals surface area contributed by atoms with Crippen LogP contribution in [0.5, 0.6) is 0 Å². The summed E-state index contributed by atoms with van der Waals surface area (Å²) in [5.41, 5.74) is 4.54. The smallest absolute Gasteiger partial charge is 0.373 e. The summed E-state index contributed by atoms with van der Waals surface area (Å²) in [6.45, 7) is 5.17. The Morgan fingerprint density at radius 3 is 2.52 bits per heavy atom. The number of hydrogen-bond donors (Lipinski definition) is 0. The highest BCUT2D eigenvalue weighted by atomic mass is 16.3. The lowest BCUT2D eigenvalue weighted by atomic mass is 10.1. The van der Waals surface area contributed by atoms with Gasteiger partial charge in [-0.1, -0.05) is 49.4 Å². The van der Waals surface area contributed by atoms with Crippen LogP contribution in [0.15, 0.2) is 59.0 Å². The number of aromatic nitrogens is 1. The second-order valence-corrected chi connectivity index (χ2v) is 5.04. The molecule has 0 unspecified atom stereocenters. The second kappa shape index (κ2) is 5.96. The molecular weight excluding hydrogens is 258 g/mol. The van der Waals surface area contributed by atoms with Crippen molar-refractivity contribution in [2.75, 3.05) is 0 Å². The number of allylic oxidation sites excluding steroid dienone is 1. The number of benzene rings is 2. The predicted molar refractivity (Wildman–Crippen MR) is 86.8 cm³/mol. The molecule has 0 fully saturated rings. The van der Waals surface area contributed by atoms with E-state index in [1.165, 1.54) is 11.1 Å².